The van der Waals surface area contributed by atoms with Crippen LogP contribution in [0.2, 0.25) is 0 Å². The second-order valence-corrected chi connectivity index (χ2v) is 13.6. The van der Waals surface area contributed by atoms with Gasteiger partial charge in [-0.3, -0.25) is 0 Å². The molecular formula is C28H50Br4O4. The Morgan fingerprint density at radius 3 is 0.861 bits per heavy atom. The Bertz CT molecular complexity index is 432. The van der Waals surface area contributed by atoms with Gasteiger partial charge in [0.15, 0.2) is 0 Å². The van der Waals surface area contributed by atoms with Crippen LogP contribution >= 0.6 is 63.7 Å². The van der Waals surface area contributed by atoms with Gasteiger partial charge in [-0.2, -0.15) is 0 Å². The van der Waals surface area contributed by atoms with E-state index in [1.54, 1.807) is 0 Å². The van der Waals surface area contributed by atoms with Crippen molar-refractivity contribution in [2.24, 2.45) is 35.5 Å². The molecule has 214 valence electrons. The molecule has 6 atom stereocenters. The monoisotopic (exact) mass is 766 g/mol. The molecule has 3 fully saturated rings. The summed E-state index contributed by atoms with van der Waals surface area (Å²) in [6.07, 6.45) is 11.8. The van der Waals surface area contributed by atoms with Crippen molar-refractivity contribution in [3.05, 3.63) is 0 Å². The highest BCUT2D eigenvalue weighted by atomic mass is 79.9. The molecule has 8 heteroatoms. The molecular weight excluding hydrogens is 720 g/mol. The third kappa shape index (κ3) is 12.5. The summed E-state index contributed by atoms with van der Waals surface area (Å²) in [5, 5.41) is 4.23. The summed E-state index contributed by atoms with van der Waals surface area (Å²) >= 11 is 14.2. The average molecular weight is 770 g/mol. The van der Waals surface area contributed by atoms with E-state index in [4.69, 9.17) is 18.9 Å². The molecule has 0 radical (unpaired) electrons. The number of hydrogen-bond donors (Lipinski definition) is 0. The van der Waals surface area contributed by atoms with Gasteiger partial charge in [0.25, 0.3) is 0 Å². The van der Waals surface area contributed by atoms with E-state index in [2.05, 4.69) is 63.7 Å². The summed E-state index contributed by atoms with van der Waals surface area (Å²) in [5.41, 5.74) is 0. The second-order valence-electron chi connectivity index (χ2n) is 10.4. The molecule has 2 bridgehead atoms. The fraction of sp³-hybridized carbons (Fsp3) is 1.00. The molecule has 0 aromatic heterocycles. The SMILES string of the molecule is BrCCCCOC[C@@H]1C2CCC([C@@H](COCCCCBr)[C@H]2COCCCCBr)[C@@H]1COCCCCBr. The molecule has 0 saturated heterocycles. The van der Waals surface area contributed by atoms with E-state index in [0.717, 1.165) is 99.9 Å². The minimum absolute atomic E-state index is 0.574. The first-order chi connectivity index (χ1) is 17.8. The maximum Gasteiger partial charge on any atom is 0.0500 e. The number of fused-ring (bicyclic) bond motifs is 3. The molecule has 36 heavy (non-hydrogen) atoms. The lowest BCUT2D eigenvalue weighted by molar-refractivity contribution is -0.156. The fourth-order valence-corrected chi connectivity index (χ4v) is 7.79. The molecule has 0 N–H and O–H groups in total. The van der Waals surface area contributed by atoms with E-state index in [0.29, 0.717) is 35.5 Å². The van der Waals surface area contributed by atoms with E-state index >= 15 is 0 Å². The average Bonchev–Trinajstić information content (AvgIpc) is 2.89. The number of ether oxygens (including phenoxy) is 4. The van der Waals surface area contributed by atoms with Crippen molar-refractivity contribution in [3.63, 3.8) is 0 Å². The summed E-state index contributed by atoms with van der Waals surface area (Å²) < 4.78 is 25.2. The van der Waals surface area contributed by atoms with Gasteiger partial charge >= 0.3 is 0 Å². The molecule has 3 aliphatic carbocycles. The molecule has 3 rings (SSSR count). The molecule has 0 aliphatic heterocycles. The molecule has 4 nitrogen and oxygen atoms in total. The van der Waals surface area contributed by atoms with Crippen LogP contribution in [0.5, 0.6) is 0 Å². The van der Waals surface area contributed by atoms with Gasteiger partial charge in [0.05, 0.1) is 26.4 Å². The highest BCUT2D eigenvalue weighted by Crippen LogP contribution is 2.55. The fourth-order valence-electron chi connectivity index (χ4n) is 6.21. The van der Waals surface area contributed by atoms with Crippen molar-refractivity contribution in [1.29, 1.82) is 0 Å². The van der Waals surface area contributed by atoms with Crippen LogP contribution in [0, 0.1) is 35.5 Å². The van der Waals surface area contributed by atoms with Crippen molar-refractivity contribution in [1.82, 2.24) is 0 Å². The van der Waals surface area contributed by atoms with Gasteiger partial charge in [0.2, 0.25) is 0 Å². The molecule has 0 spiro atoms. The Hall–Kier alpha value is 1.76. The molecule has 0 heterocycles. The van der Waals surface area contributed by atoms with Crippen LogP contribution in [0.25, 0.3) is 0 Å². The molecule has 3 aliphatic rings. The number of rotatable bonds is 24. The second kappa shape index (κ2) is 22.4. The first-order valence-electron chi connectivity index (χ1n) is 14.3. The van der Waals surface area contributed by atoms with Crippen LogP contribution in [-0.4, -0.2) is 74.2 Å². The number of halogens is 4. The van der Waals surface area contributed by atoms with Gasteiger partial charge in [-0.05, 0) is 99.7 Å². The Morgan fingerprint density at radius 1 is 0.389 bits per heavy atom. The van der Waals surface area contributed by atoms with Crippen LogP contribution in [0.3, 0.4) is 0 Å². The third-order valence-corrected chi connectivity index (χ3v) is 10.3. The first kappa shape index (κ1) is 34.0. The maximum absolute atomic E-state index is 6.31. The summed E-state index contributed by atoms with van der Waals surface area (Å²) in [6.45, 7) is 6.96. The lowest BCUT2D eigenvalue weighted by Crippen LogP contribution is -2.56. The lowest BCUT2D eigenvalue weighted by Gasteiger charge is -2.57. The molecule has 0 aromatic rings. The van der Waals surface area contributed by atoms with E-state index in [9.17, 15) is 0 Å². The molecule has 0 aromatic carbocycles. The summed E-state index contributed by atoms with van der Waals surface area (Å²) in [5.74, 6) is 3.59. The van der Waals surface area contributed by atoms with Crippen LogP contribution < -0.4 is 0 Å². The Kier molecular flexibility index (Phi) is 21.2. The molecule has 3 saturated carbocycles. The van der Waals surface area contributed by atoms with Crippen molar-refractivity contribution in [3.8, 4) is 0 Å². The summed E-state index contributed by atoms with van der Waals surface area (Å²) in [6, 6.07) is 0. The van der Waals surface area contributed by atoms with E-state index in [-0.39, 0.29) is 0 Å². The zero-order chi connectivity index (χ0) is 25.8. The highest BCUT2D eigenvalue weighted by molar-refractivity contribution is 9.09. The topological polar surface area (TPSA) is 36.9 Å². The molecule has 2 unspecified atom stereocenters. The smallest absolute Gasteiger partial charge is 0.0500 e. The van der Waals surface area contributed by atoms with Gasteiger partial charge in [-0.25, -0.2) is 0 Å². The summed E-state index contributed by atoms with van der Waals surface area (Å²) in [4.78, 5) is 0. The van der Waals surface area contributed by atoms with Crippen LogP contribution in [0.4, 0.5) is 0 Å². The number of unbranched alkanes of at least 4 members (excludes halogenated alkanes) is 4. The van der Waals surface area contributed by atoms with E-state index in [1.165, 1.54) is 38.5 Å². The van der Waals surface area contributed by atoms with Crippen molar-refractivity contribution in [2.45, 2.75) is 64.2 Å². The van der Waals surface area contributed by atoms with Gasteiger partial charge in [0.1, 0.15) is 0 Å². The first-order valence-corrected chi connectivity index (χ1v) is 18.8. The third-order valence-electron chi connectivity index (χ3n) is 8.06. The zero-order valence-electron chi connectivity index (χ0n) is 22.2. The Labute approximate surface area is 255 Å². The van der Waals surface area contributed by atoms with Crippen molar-refractivity contribution < 1.29 is 18.9 Å². The standard InChI is InChI=1S/C28H50Br4O4/c29-11-1-5-15-33-19-25-23-9-10-24(26(25)20-34-16-6-2-12-30)28(22-36-18-8-4-14-32)27(23)21-35-17-7-3-13-31/h23-28H,1-22H2/t23?,24?,25-,26+,27+,28-. The van der Waals surface area contributed by atoms with Gasteiger partial charge in [0, 0.05) is 47.7 Å². The minimum atomic E-state index is 0.574. The van der Waals surface area contributed by atoms with Gasteiger partial charge < -0.3 is 18.9 Å². The molecule has 0 amide bonds. The predicted octanol–water partition coefficient (Wildman–Crippen LogP) is 8.26. The van der Waals surface area contributed by atoms with Crippen LogP contribution in [-0.2, 0) is 18.9 Å². The lowest BCUT2D eigenvalue weighted by atomic mass is 9.50. The van der Waals surface area contributed by atoms with Gasteiger partial charge in [-0.1, -0.05) is 63.7 Å². The van der Waals surface area contributed by atoms with Crippen LogP contribution in [0.15, 0.2) is 0 Å². The largest absolute Gasteiger partial charge is 0.381 e. The Morgan fingerprint density at radius 2 is 0.639 bits per heavy atom. The quantitative estimate of drug-likeness (QED) is 0.0733. The van der Waals surface area contributed by atoms with Crippen molar-refractivity contribution in [2.75, 3.05) is 74.2 Å². The number of alkyl halides is 4. The van der Waals surface area contributed by atoms with E-state index < -0.39 is 0 Å². The van der Waals surface area contributed by atoms with Crippen LogP contribution in [0.1, 0.15) is 64.2 Å². The maximum atomic E-state index is 6.31. The van der Waals surface area contributed by atoms with Crippen molar-refractivity contribution >= 4 is 63.7 Å². The highest BCUT2D eigenvalue weighted by Gasteiger charge is 2.53. The zero-order valence-corrected chi connectivity index (χ0v) is 28.5. The predicted molar refractivity (Wildman–Crippen MR) is 166 cm³/mol. The summed E-state index contributed by atoms with van der Waals surface area (Å²) in [7, 11) is 0. The van der Waals surface area contributed by atoms with Gasteiger partial charge in [-0.15, -0.1) is 0 Å². The van der Waals surface area contributed by atoms with E-state index in [1.807, 2.05) is 0 Å². The Balaban J connectivity index is 2.05. The number of hydrogen-bond acceptors (Lipinski definition) is 4. The normalized spacial score (nSPS) is 27.7. The minimum Gasteiger partial charge on any atom is -0.381 e.